The van der Waals surface area contributed by atoms with Crippen molar-refractivity contribution >= 4 is 46.6 Å². The minimum atomic E-state index is -0.583. The van der Waals surface area contributed by atoms with E-state index in [1.807, 2.05) is 30.3 Å². The van der Waals surface area contributed by atoms with Crippen molar-refractivity contribution < 1.29 is 14.4 Å². The monoisotopic (exact) mass is 486 g/mol. The zero-order valence-corrected chi connectivity index (χ0v) is 19.5. The summed E-state index contributed by atoms with van der Waals surface area (Å²) in [6.45, 7) is 4.82. The summed E-state index contributed by atoms with van der Waals surface area (Å²) in [6, 6.07) is 11.1. The normalized spacial score (nSPS) is 21.4. The van der Waals surface area contributed by atoms with E-state index in [1.54, 1.807) is 4.90 Å². The van der Waals surface area contributed by atoms with E-state index in [9.17, 15) is 14.4 Å². The van der Waals surface area contributed by atoms with Crippen LogP contribution in [0.15, 0.2) is 36.4 Å². The second-order valence-electron chi connectivity index (χ2n) is 8.75. The lowest BCUT2D eigenvalue weighted by Gasteiger charge is -2.36. The van der Waals surface area contributed by atoms with Crippen molar-refractivity contribution in [2.24, 2.45) is 0 Å². The molecule has 0 radical (unpaired) electrons. The summed E-state index contributed by atoms with van der Waals surface area (Å²) in [6.07, 6.45) is 0.635. The third kappa shape index (κ3) is 4.45. The minimum Gasteiger partial charge on any atom is -0.369 e. The molecule has 2 aromatic carbocycles. The zero-order chi connectivity index (χ0) is 23.1. The molecule has 0 spiro atoms. The molecule has 0 aliphatic carbocycles. The third-order valence-electron chi connectivity index (χ3n) is 6.63. The summed E-state index contributed by atoms with van der Waals surface area (Å²) in [4.78, 5) is 42.8. The maximum Gasteiger partial charge on any atom is 0.255 e. The number of halogens is 2. The quantitative estimate of drug-likeness (QED) is 0.672. The number of imide groups is 1. The van der Waals surface area contributed by atoms with E-state index < -0.39 is 6.04 Å². The van der Waals surface area contributed by atoms with Gasteiger partial charge in [0.25, 0.3) is 5.91 Å². The summed E-state index contributed by atoms with van der Waals surface area (Å²) < 4.78 is 0. The van der Waals surface area contributed by atoms with Crippen LogP contribution in [-0.2, 0) is 22.7 Å². The predicted octanol–water partition coefficient (Wildman–Crippen LogP) is 3.08. The Balaban J connectivity index is 1.21. The number of nitrogens with one attached hydrogen (secondary N) is 1. The van der Waals surface area contributed by atoms with Gasteiger partial charge in [0.1, 0.15) is 6.04 Å². The SMILES string of the molecule is O=C1CCC(N2Cc3cc(CN4CCN(c5ccc(Cl)c(Cl)c5)CC4)ccc3C2=O)C(=O)N1. The fraction of sp³-hybridized carbons (Fsp3) is 0.375. The van der Waals surface area contributed by atoms with Crippen molar-refractivity contribution in [3.8, 4) is 0 Å². The fourth-order valence-electron chi connectivity index (χ4n) is 4.83. The van der Waals surface area contributed by atoms with Crippen LogP contribution in [0.4, 0.5) is 5.69 Å². The van der Waals surface area contributed by atoms with Gasteiger partial charge in [-0.25, -0.2) is 0 Å². The number of carbonyl (C=O) groups excluding carboxylic acids is 3. The lowest BCUT2D eigenvalue weighted by molar-refractivity contribution is -0.136. The molecular formula is C24H24Cl2N4O3. The predicted molar refractivity (Wildman–Crippen MR) is 126 cm³/mol. The summed E-state index contributed by atoms with van der Waals surface area (Å²) in [7, 11) is 0. The molecule has 9 heteroatoms. The molecule has 1 N–H and O–H groups in total. The molecule has 33 heavy (non-hydrogen) atoms. The molecule has 3 amide bonds. The van der Waals surface area contributed by atoms with Crippen LogP contribution in [-0.4, -0.2) is 59.7 Å². The van der Waals surface area contributed by atoms with Crippen molar-refractivity contribution in [1.82, 2.24) is 15.1 Å². The van der Waals surface area contributed by atoms with E-state index in [1.165, 1.54) is 0 Å². The first kappa shape index (κ1) is 22.2. The molecule has 3 heterocycles. The number of hydrogen-bond donors (Lipinski definition) is 1. The van der Waals surface area contributed by atoms with Gasteiger partial charge in [0, 0.05) is 56.9 Å². The van der Waals surface area contributed by atoms with Gasteiger partial charge in [-0.1, -0.05) is 35.3 Å². The highest BCUT2D eigenvalue weighted by Crippen LogP contribution is 2.30. The molecular weight excluding hydrogens is 463 g/mol. The second kappa shape index (κ2) is 8.97. The van der Waals surface area contributed by atoms with Crippen LogP contribution in [0.2, 0.25) is 10.0 Å². The number of anilines is 1. The highest BCUT2D eigenvalue weighted by atomic mass is 35.5. The van der Waals surface area contributed by atoms with Crippen LogP contribution in [0, 0.1) is 0 Å². The van der Waals surface area contributed by atoms with Crippen LogP contribution in [0.3, 0.4) is 0 Å². The number of piperazine rings is 1. The lowest BCUT2D eigenvalue weighted by Crippen LogP contribution is -2.52. The Labute approximate surface area is 202 Å². The zero-order valence-electron chi connectivity index (χ0n) is 18.0. The number of rotatable bonds is 4. The maximum atomic E-state index is 12.9. The number of amides is 3. The smallest absolute Gasteiger partial charge is 0.255 e. The molecule has 1 unspecified atom stereocenters. The van der Waals surface area contributed by atoms with Crippen LogP contribution in [0.5, 0.6) is 0 Å². The highest BCUT2D eigenvalue weighted by Gasteiger charge is 2.39. The Bertz CT molecular complexity index is 1130. The Morgan fingerprint density at radius 2 is 1.73 bits per heavy atom. The lowest BCUT2D eigenvalue weighted by atomic mass is 10.0. The van der Waals surface area contributed by atoms with Gasteiger partial charge in [0.05, 0.1) is 10.0 Å². The van der Waals surface area contributed by atoms with E-state index in [2.05, 4.69) is 21.2 Å². The third-order valence-corrected chi connectivity index (χ3v) is 7.37. The Morgan fingerprint density at radius 1 is 0.939 bits per heavy atom. The van der Waals surface area contributed by atoms with Crippen molar-refractivity contribution in [3.05, 3.63) is 63.1 Å². The van der Waals surface area contributed by atoms with Crippen molar-refractivity contribution in [3.63, 3.8) is 0 Å². The van der Waals surface area contributed by atoms with Crippen LogP contribution in [0.1, 0.15) is 34.3 Å². The molecule has 3 aliphatic heterocycles. The van der Waals surface area contributed by atoms with Gasteiger partial charge in [0.2, 0.25) is 11.8 Å². The molecule has 0 aromatic heterocycles. The topological polar surface area (TPSA) is 73.0 Å². The number of fused-ring (bicyclic) bond motifs is 1. The van der Waals surface area contributed by atoms with Gasteiger partial charge in [-0.15, -0.1) is 0 Å². The molecule has 3 aliphatic rings. The van der Waals surface area contributed by atoms with Gasteiger partial charge in [-0.3, -0.25) is 24.6 Å². The van der Waals surface area contributed by atoms with E-state index in [0.29, 0.717) is 28.6 Å². The molecule has 7 nitrogen and oxygen atoms in total. The molecule has 2 aromatic rings. The number of piperidine rings is 1. The molecule has 0 bridgehead atoms. The summed E-state index contributed by atoms with van der Waals surface area (Å²) in [5.74, 6) is -0.796. The fourth-order valence-corrected chi connectivity index (χ4v) is 5.12. The number of nitrogens with zero attached hydrogens (tertiary/aromatic N) is 3. The van der Waals surface area contributed by atoms with Crippen molar-refractivity contribution in [2.45, 2.75) is 32.0 Å². The van der Waals surface area contributed by atoms with E-state index in [4.69, 9.17) is 23.2 Å². The van der Waals surface area contributed by atoms with Crippen molar-refractivity contribution in [1.29, 1.82) is 0 Å². The summed E-state index contributed by atoms with van der Waals surface area (Å²) >= 11 is 12.2. The van der Waals surface area contributed by atoms with Gasteiger partial charge in [-0.2, -0.15) is 0 Å². The highest BCUT2D eigenvalue weighted by molar-refractivity contribution is 6.42. The van der Waals surface area contributed by atoms with Crippen molar-refractivity contribution in [2.75, 3.05) is 31.1 Å². The largest absolute Gasteiger partial charge is 0.369 e. The number of carbonyl (C=O) groups is 3. The molecule has 1 atom stereocenters. The minimum absolute atomic E-state index is 0.138. The van der Waals surface area contributed by atoms with E-state index in [-0.39, 0.29) is 24.1 Å². The first-order valence-corrected chi connectivity index (χ1v) is 11.8. The number of benzene rings is 2. The molecule has 0 saturated carbocycles. The standard InChI is InChI=1S/C24H24Cl2N4O3/c25-19-4-2-17(12-20(19)26)29-9-7-28(8-10-29)13-15-1-3-18-16(11-15)14-30(24(18)33)21-5-6-22(31)27-23(21)32/h1-4,11-12,21H,5-10,13-14H2,(H,27,31,32). The Kier molecular flexibility index (Phi) is 6.03. The Hall–Kier alpha value is -2.61. The Morgan fingerprint density at radius 3 is 2.45 bits per heavy atom. The first-order valence-electron chi connectivity index (χ1n) is 11.1. The molecule has 2 fully saturated rings. The summed E-state index contributed by atoms with van der Waals surface area (Å²) in [5.41, 5.74) is 3.81. The van der Waals surface area contributed by atoms with Gasteiger partial charge in [0.15, 0.2) is 0 Å². The van der Waals surface area contributed by atoms with E-state index >= 15 is 0 Å². The van der Waals surface area contributed by atoms with E-state index in [0.717, 1.165) is 49.5 Å². The molecule has 172 valence electrons. The molecule has 2 saturated heterocycles. The maximum absolute atomic E-state index is 12.9. The van der Waals surface area contributed by atoms with Crippen LogP contribution in [0.25, 0.3) is 0 Å². The van der Waals surface area contributed by atoms with Crippen LogP contribution < -0.4 is 10.2 Å². The van der Waals surface area contributed by atoms with Gasteiger partial charge >= 0.3 is 0 Å². The van der Waals surface area contributed by atoms with Gasteiger partial charge < -0.3 is 9.80 Å². The average Bonchev–Trinajstić information content (AvgIpc) is 3.12. The second-order valence-corrected chi connectivity index (χ2v) is 9.57. The van der Waals surface area contributed by atoms with Crippen LogP contribution >= 0.6 is 23.2 Å². The number of hydrogen-bond acceptors (Lipinski definition) is 5. The van der Waals surface area contributed by atoms with Gasteiger partial charge in [-0.05, 0) is 41.8 Å². The first-order chi connectivity index (χ1) is 15.9. The average molecular weight is 487 g/mol. The molecule has 5 rings (SSSR count). The summed E-state index contributed by atoms with van der Waals surface area (Å²) in [5, 5.41) is 3.47.